The maximum absolute atomic E-state index is 12.8. The van der Waals surface area contributed by atoms with E-state index in [9.17, 15) is 13.2 Å². The van der Waals surface area contributed by atoms with Crippen molar-refractivity contribution >= 4 is 11.5 Å². The quantitative estimate of drug-likeness (QED) is 0.925. The Labute approximate surface area is 132 Å². The van der Waals surface area contributed by atoms with E-state index in [-0.39, 0.29) is 0 Å². The second-order valence-corrected chi connectivity index (χ2v) is 5.31. The third-order valence-electron chi connectivity index (χ3n) is 3.61. The van der Waals surface area contributed by atoms with Crippen molar-refractivity contribution in [3.05, 3.63) is 65.7 Å². The summed E-state index contributed by atoms with van der Waals surface area (Å²) in [6.07, 6.45) is -3.66. The van der Waals surface area contributed by atoms with Gasteiger partial charge in [-0.15, -0.1) is 0 Å². The van der Waals surface area contributed by atoms with E-state index in [1.54, 1.807) is 11.1 Å². The van der Waals surface area contributed by atoms with Crippen molar-refractivity contribution in [2.24, 2.45) is 5.10 Å². The van der Waals surface area contributed by atoms with Crippen LogP contribution in [-0.2, 0) is 12.7 Å². The predicted octanol–water partition coefficient (Wildman–Crippen LogP) is 4.02. The molecule has 0 atom stereocenters. The SMILES string of the molecule is FC(F)(F)c1cccc(N2CCC(NCc3ccccc3)=N2)c1. The van der Waals surface area contributed by atoms with Crippen LogP contribution in [0.4, 0.5) is 18.9 Å². The molecule has 0 amide bonds. The van der Waals surface area contributed by atoms with Crippen molar-refractivity contribution < 1.29 is 13.2 Å². The molecule has 0 bridgehead atoms. The van der Waals surface area contributed by atoms with Crippen molar-refractivity contribution in [2.45, 2.75) is 19.1 Å². The molecule has 0 saturated carbocycles. The van der Waals surface area contributed by atoms with Crippen LogP contribution in [0.1, 0.15) is 17.5 Å². The Hall–Kier alpha value is -2.50. The number of nitrogens with one attached hydrogen (secondary N) is 1. The Kier molecular flexibility index (Phi) is 4.23. The summed E-state index contributed by atoms with van der Waals surface area (Å²) in [7, 11) is 0. The molecule has 0 aromatic heterocycles. The number of nitrogens with zero attached hydrogens (tertiary/aromatic N) is 2. The topological polar surface area (TPSA) is 27.6 Å². The molecule has 1 aliphatic heterocycles. The zero-order chi connectivity index (χ0) is 16.3. The number of rotatable bonds is 3. The minimum absolute atomic E-state index is 0.455. The second kappa shape index (κ2) is 6.32. The molecule has 6 heteroatoms. The molecule has 0 fully saturated rings. The lowest BCUT2D eigenvalue weighted by Gasteiger charge is -2.15. The number of alkyl halides is 3. The fourth-order valence-corrected chi connectivity index (χ4v) is 2.41. The summed E-state index contributed by atoms with van der Waals surface area (Å²) >= 11 is 0. The highest BCUT2D eigenvalue weighted by molar-refractivity contribution is 5.85. The van der Waals surface area contributed by atoms with E-state index < -0.39 is 11.7 Å². The number of hydrogen-bond donors (Lipinski definition) is 1. The molecule has 0 radical (unpaired) electrons. The highest BCUT2D eigenvalue weighted by Crippen LogP contribution is 2.32. The van der Waals surface area contributed by atoms with Gasteiger partial charge in [-0.05, 0) is 23.8 Å². The first-order valence-electron chi connectivity index (χ1n) is 7.32. The summed E-state index contributed by atoms with van der Waals surface area (Å²) in [5.41, 5.74) is 0.931. The maximum Gasteiger partial charge on any atom is 0.416 e. The van der Waals surface area contributed by atoms with Gasteiger partial charge >= 0.3 is 6.18 Å². The van der Waals surface area contributed by atoms with E-state index in [4.69, 9.17) is 0 Å². The fourth-order valence-electron chi connectivity index (χ4n) is 2.41. The molecule has 2 aromatic carbocycles. The van der Waals surface area contributed by atoms with E-state index in [0.717, 1.165) is 23.5 Å². The molecular formula is C17H16F3N3. The molecule has 1 N–H and O–H groups in total. The molecule has 120 valence electrons. The number of halogens is 3. The van der Waals surface area contributed by atoms with Crippen LogP contribution in [0, 0.1) is 0 Å². The van der Waals surface area contributed by atoms with Crippen molar-refractivity contribution in [2.75, 3.05) is 11.6 Å². The molecule has 0 saturated heterocycles. The lowest BCUT2D eigenvalue weighted by Crippen LogP contribution is -2.20. The van der Waals surface area contributed by atoms with Crippen molar-refractivity contribution in [1.29, 1.82) is 0 Å². The summed E-state index contributed by atoms with van der Waals surface area (Å²) in [5.74, 6) is 0.784. The van der Waals surface area contributed by atoms with Gasteiger partial charge < -0.3 is 5.32 Å². The Balaban J connectivity index is 1.67. The third-order valence-corrected chi connectivity index (χ3v) is 3.61. The van der Waals surface area contributed by atoms with Gasteiger partial charge in [0.1, 0.15) is 5.84 Å². The first-order chi connectivity index (χ1) is 11.0. The monoisotopic (exact) mass is 319 g/mol. The number of benzene rings is 2. The van der Waals surface area contributed by atoms with Gasteiger partial charge in [-0.2, -0.15) is 18.3 Å². The molecule has 0 unspecified atom stereocenters. The fraction of sp³-hybridized carbons (Fsp3) is 0.235. The van der Waals surface area contributed by atoms with Crippen molar-refractivity contribution in [3.8, 4) is 0 Å². The maximum atomic E-state index is 12.8. The lowest BCUT2D eigenvalue weighted by molar-refractivity contribution is -0.137. The zero-order valence-electron chi connectivity index (χ0n) is 12.3. The normalized spacial score (nSPS) is 14.7. The molecule has 0 spiro atoms. The summed E-state index contributed by atoms with van der Waals surface area (Å²) in [6, 6.07) is 15.1. The van der Waals surface area contributed by atoms with Crippen LogP contribution in [0.5, 0.6) is 0 Å². The molecule has 1 heterocycles. The standard InChI is InChI=1S/C17H16F3N3/c18-17(19,20)14-7-4-8-15(11-14)23-10-9-16(22-23)21-12-13-5-2-1-3-6-13/h1-8,11H,9-10,12H2,(H,21,22). The molecule has 1 aliphatic rings. The summed E-state index contributed by atoms with van der Waals surface area (Å²) in [4.78, 5) is 0. The number of anilines is 1. The van der Waals surface area contributed by atoms with Gasteiger partial charge in [0.25, 0.3) is 0 Å². The molecule has 23 heavy (non-hydrogen) atoms. The summed E-state index contributed by atoms with van der Waals surface area (Å²) < 4.78 is 38.3. The van der Waals surface area contributed by atoms with E-state index in [2.05, 4.69) is 10.4 Å². The zero-order valence-corrected chi connectivity index (χ0v) is 12.3. The molecule has 3 rings (SSSR count). The van der Waals surface area contributed by atoms with Gasteiger partial charge in [0.05, 0.1) is 11.3 Å². The van der Waals surface area contributed by atoms with Gasteiger partial charge in [-0.3, -0.25) is 5.01 Å². The smallest absolute Gasteiger partial charge is 0.368 e. The number of hydrazone groups is 1. The van der Waals surface area contributed by atoms with Gasteiger partial charge in [-0.1, -0.05) is 36.4 Å². The van der Waals surface area contributed by atoms with E-state index in [0.29, 0.717) is 25.2 Å². The van der Waals surface area contributed by atoms with Gasteiger partial charge in [-0.25, -0.2) is 0 Å². The lowest BCUT2D eigenvalue weighted by atomic mass is 10.2. The van der Waals surface area contributed by atoms with Crippen LogP contribution in [0.3, 0.4) is 0 Å². The second-order valence-electron chi connectivity index (χ2n) is 5.31. The largest absolute Gasteiger partial charge is 0.416 e. The minimum atomic E-state index is -4.34. The minimum Gasteiger partial charge on any atom is -0.368 e. The van der Waals surface area contributed by atoms with E-state index in [1.807, 2.05) is 30.3 Å². The van der Waals surface area contributed by atoms with Crippen LogP contribution in [0.25, 0.3) is 0 Å². The molecule has 3 nitrogen and oxygen atoms in total. The average Bonchev–Trinajstić information content (AvgIpc) is 3.02. The van der Waals surface area contributed by atoms with Gasteiger partial charge in [0.2, 0.25) is 0 Å². The average molecular weight is 319 g/mol. The van der Waals surface area contributed by atoms with E-state index >= 15 is 0 Å². The number of hydrogen-bond acceptors (Lipinski definition) is 3. The number of amidine groups is 1. The Bertz CT molecular complexity index is 696. The molecule has 0 aliphatic carbocycles. The van der Waals surface area contributed by atoms with Crippen molar-refractivity contribution in [1.82, 2.24) is 5.32 Å². The first-order valence-corrected chi connectivity index (χ1v) is 7.32. The van der Waals surface area contributed by atoms with Gasteiger partial charge in [0.15, 0.2) is 0 Å². The Morgan fingerprint density at radius 3 is 2.57 bits per heavy atom. The van der Waals surface area contributed by atoms with E-state index in [1.165, 1.54) is 6.07 Å². The van der Waals surface area contributed by atoms with Crippen LogP contribution in [0.2, 0.25) is 0 Å². The van der Waals surface area contributed by atoms with Crippen LogP contribution in [0.15, 0.2) is 59.7 Å². The highest BCUT2D eigenvalue weighted by atomic mass is 19.4. The van der Waals surface area contributed by atoms with Crippen molar-refractivity contribution in [3.63, 3.8) is 0 Å². The summed E-state index contributed by atoms with van der Waals surface area (Å²) in [6.45, 7) is 1.22. The first kappa shape index (κ1) is 15.4. The predicted molar refractivity (Wildman–Crippen MR) is 84.1 cm³/mol. The Morgan fingerprint density at radius 1 is 1.04 bits per heavy atom. The van der Waals surface area contributed by atoms with Crippen LogP contribution in [-0.4, -0.2) is 12.4 Å². The molecule has 2 aromatic rings. The Morgan fingerprint density at radius 2 is 1.83 bits per heavy atom. The highest BCUT2D eigenvalue weighted by Gasteiger charge is 2.31. The van der Waals surface area contributed by atoms with Crippen LogP contribution < -0.4 is 10.3 Å². The van der Waals surface area contributed by atoms with Crippen LogP contribution >= 0.6 is 0 Å². The molecular weight excluding hydrogens is 303 g/mol. The summed E-state index contributed by atoms with van der Waals surface area (Å²) in [5, 5.41) is 9.20. The van der Waals surface area contributed by atoms with Gasteiger partial charge in [0, 0.05) is 19.5 Å². The third kappa shape index (κ3) is 3.83.